The van der Waals surface area contributed by atoms with Crippen molar-refractivity contribution in [2.24, 2.45) is 0 Å². The van der Waals surface area contributed by atoms with Crippen LogP contribution < -0.4 is 0 Å². The van der Waals surface area contributed by atoms with E-state index < -0.39 is 5.95 Å². The summed E-state index contributed by atoms with van der Waals surface area (Å²) in [4.78, 5) is 3.75. The molecule has 1 aromatic heterocycles. The van der Waals surface area contributed by atoms with Crippen LogP contribution >= 0.6 is 11.6 Å². The highest BCUT2D eigenvalue weighted by Gasteiger charge is 2.25. The lowest BCUT2D eigenvalue weighted by Gasteiger charge is -2.29. The maximum absolute atomic E-state index is 14.0. The molecule has 3 heteroatoms. The van der Waals surface area contributed by atoms with Crippen molar-refractivity contribution in [3.05, 3.63) is 64.2 Å². The molecule has 1 aliphatic rings. The lowest BCUT2D eigenvalue weighted by Crippen LogP contribution is -2.13. The number of benzene rings is 1. The van der Waals surface area contributed by atoms with Crippen LogP contribution in [0.3, 0.4) is 0 Å². The van der Waals surface area contributed by atoms with Crippen LogP contribution in [0.25, 0.3) is 0 Å². The molecule has 0 bridgehead atoms. The Kier molecular flexibility index (Phi) is 5.32. The smallest absolute Gasteiger partial charge is 0.208 e. The molecule has 2 aromatic rings. The minimum atomic E-state index is -0.398. The van der Waals surface area contributed by atoms with Gasteiger partial charge in [0.2, 0.25) is 5.95 Å². The van der Waals surface area contributed by atoms with Crippen LogP contribution in [0.4, 0.5) is 4.39 Å². The summed E-state index contributed by atoms with van der Waals surface area (Å²) in [5.74, 6) is 0.477. The first-order chi connectivity index (χ1) is 11.2. The molecule has 0 saturated heterocycles. The average Bonchev–Trinajstić information content (AvgIpc) is 2.56. The van der Waals surface area contributed by atoms with E-state index in [0.29, 0.717) is 5.92 Å². The van der Waals surface area contributed by atoms with Gasteiger partial charge in [-0.2, -0.15) is 4.39 Å². The second-order valence-electron chi connectivity index (χ2n) is 6.55. The molecule has 0 unspecified atom stereocenters. The van der Waals surface area contributed by atoms with E-state index in [1.807, 2.05) is 0 Å². The summed E-state index contributed by atoms with van der Waals surface area (Å²) >= 11 is 5.74. The van der Waals surface area contributed by atoms with E-state index in [-0.39, 0.29) is 11.1 Å². The molecule has 23 heavy (non-hydrogen) atoms. The van der Waals surface area contributed by atoms with Gasteiger partial charge in [0.1, 0.15) is 5.15 Å². The number of hydrogen-bond acceptors (Lipinski definition) is 1. The number of aryl methyl sites for hydroxylation is 1. The van der Waals surface area contributed by atoms with Crippen molar-refractivity contribution < 1.29 is 4.39 Å². The average molecular weight is 332 g/mol. The first-order valence-corrected chi connectivity index (χ1v) is 8.96. The normalized spacial score (nSPS) is 21.3. The van der Waals surface area contributed by atoms with Gasteiger partial charge in [-0.15, -0.1) is 0 Å². The Bertz CT molecular complexity index is 645. The van der Waals surface area contributed by atoms with Gasteiger partial charge in [-0.3, -0.25) is 0 Å². The predicted molar refractivity (Wildman–Crippen MR) is 93.6 cm³/mol. The number of rotatable bonds is 4. The fourth-order valence-corrected chi connectivity index (χ4v) is 3.85. The van der Waals surface area contributed by atoms with E-state index in [1.165, 1.54) is 17.5 Å². The summed E-state index contributed by atoms with van der Waals surface area (Å²) in [7, 11) is 0. The predicted octanol–water partition coefficient (Wildman–Crippen LogP) is 6.27. The summed E-state index contributed by atoms with van der Waals surface area (Å²) in [5.41, 5.74) is 3.57. The molecule has 1 aliphatic carbocycles. The van der Waals surface area contributed by atoms with Crippen molar-refractivity contribution >= 4 is 11.6 Å². The highest BCUT2D eigenvalue weighted by Crippen LogP contribution is 2.41. The van der Waals surface area contributed by atoms with E-state index >= 15 is 0 Å². The van der Waals surface area contributed by atoms with E-state index in [0.717, 1.165) is 37.7 Å². The van der Waals surface area contributed by atoms with Gasteiger partial charge in [-0.1, -0.05) is 55.3 Å². The van der Waals surface area contributed by atoms with Crippen molar-refractivity contribution in [3.8, 4) is 0 Å². The molecule has 1 heterocycles. The van der Waals surface area contributed by atoms with Crippen LogP contribution in [-0.4, -0.2) is 4.98 Å². The van der Waals surface area contributed by atoms with Gasteiger partial charge in [-0.25, -0.2) is 4.98 Å². The van der Waals surface area contributed by atoms with Gasteiger partial charge in [0, 0.05) is 5.56 Å². The zero-order chi connectivity index (χ0) is 16.2. The standard InChI is InChI=1S/C20H23ClFN/c1-2-3-14-4-6-15(7-5-14)16-8-10-17(11-9-16)18-12-13-19(21)23-20(18)22/h4-7,12-13,16-17H,2-3,8-11H2,1H3. The Labute approximate surface area is 142 Å². The Balaban J connectivity index is 1.63. The van der Waals surface area contributed by atoms with Crippen LogP contribution in [-0.2, 0) is 6.42 Å². The molecular formula is C20H23ClFN. The molecule has 122 valence electrons. The maximum Gasteiger partial charge on any atom is 0.217 e. The highest BCUT2D eigenvalue weighted by atomic mass is 35.5. The molecule has 1 fully saturated rings. The number of nitrogens with zero attached hydrogens (tertiary/aromatic N) is 1. The van der Waals surface area contributed by atoms with Crippen molar-refractivity contribution in [1.82, 2.24) is 4.98 Å². The Morgan fingerprint density at radius 1 is 1.00 bits per heavy atom. The number of aromatic nitrogens is 1. The van der Waals surface area contributed by atoms with Crippen molar-refractivity contribution in [1.29, 1.82) is 0 Å². The van der Waals surface area contributed by atoms with E-state index in [2.05, 4.69) is 36.2 Å². The second kappa shape index (κ2) is 7.44. The quantitative estimate of drug-likeness (QED) is 0.602. The first-order valence-electron chi connectivity index (χ1n) is 8.58. The molecule has 0 aliphatic heterocycles. The van der Waals surface area contributed by atoms with E-state index in [1.54, 1.807) is 12.1 Å². The fraction of sp³-hybridized carbons (Fsp3) is 0.450. The fourth-order valence-electron chi connectivity index (χ4n) is 3.71. The summed E-state index contributed by atoms with van der Waals surface area (Å²) in [6, 6.07) is 12.6. The van der Waals surface area contributed by atoms with Crippen LogP contribution in [0.15, 0.2) is 36.4 Å². The van der Waals surface area contributed by atoms with Crippen LogP contribution in [0.1, 0.15) is 67.6 Å². The van der Waals surface area contributed by atoms with Crippen molar-refractivity contribution in [2.45, 2.75) is 57.3 Å². The Hall–Kier alpha value is -1.41. The van der Waals surface area contributed by atoms with Crippen molar-refractivity contribution in [3.63, 3.8) is 0 Å². The third kappa shape index (κ3) is 3.92. The molecule has 0 radical (unpaired) electrons. The van der Waals surface area contributed by atoms with Gasteiger partial charge in [0.05, 0.1) is 0 Å². The van der Waals surface area contributed by atoms with Gasteiger partial charge >= 0.3 is 0 Å². The second-order valence-corrected chi connectivity index (χ2v) is 6.94. The lowest BCUT2D eigenvalue weighted by molar-refractivity contribution is 0.384. The summed E-state index contributed by atoms with van der Waals surface area (Å²) in [6.45, 7) is 2.21. The van der Waals surface area contributed by atoms with Gasteiger partial charge in [0.15, 0.2) is 0 Å². The van der Waals surface area contributed by atoms with Crippen LogP contribution in [0, 0.1) is 5.95 Å². The molecule has 3 rings (SSSR count). The first kappa shape index (κ1) is 16.4. The zero-order valence-corrected chi connectivity index (χ0v) is 14.3. The SMILES string of the molecule is CCCc1ccc(C2CCC(c3ccc(Cl)nc3F)CC2)cc1. The van der Waals surface area contributed by atoms with E-state index in [9.17, 15) is 4.39 Å². The number of halogens is 2. The third-order valence-electron chi connectivity index (χ3n) is 5.00. The number of hydrogen-bond donors (Lipinski definition) is 0. The Morgan fingerprint density at radius 2 is 1.65 bits per heavy atom. The topological polar surface area (TPSA) is 12.9 Å². The largest absolute Gasteiger partial charge is 0.217 e. The molecule has 0 spiro atoms. The van der Waals surface area contributed by atoms with Crippen molar-refractivity contribution in [2.75, 3.05) is 0 Å². The highest BCUT2D eigenvalue weighted by molar-refractivity contribution is 6.29. The monoisotopic (exact) mass is 331 g/mol. The molecule has 0 atom stereocenters. The van der Waals surface area contributed by atoms with Gasteiger partial charge in [-0.05, 0) is 61.1 Å². The lowest BCUT2D eigenvalue weighted by atomic mass is 9.76. The van der Waals surface area contributed by atoms with Gasteiger partial charge < -0.3 is 0 Å². The summed E-state index contributed by atoms with van der Waals surface area (Å²) in [5, 5.41) is 0.229. The third-order valence-corrected chi connectivity index (χ3v) is 5.21. The van der Waals surface area contributed by atoms with Crippen LogP contribution in [0.5, 0.6) is 0 Å². The summed E-state index contributed by atoms with van der Waals surface area (Å²) < 4.78 is 14.0. The molecular weight excluding hydrogens is 309 g/mol. The molecule has 0 amide bonds. The molecule has 1 nitrogen and oxygen atoms in total. The number of pyridine rings is 1. The Morgan fingerprint density at radius 3 is 2.26 bits per heavy atom. The van der Waals surface area contributed by atoms with Gasteiger partial charge in [0.25, 0.3) is 0 Å². The molecule has 1 saturated carbocycles. The zero-order valence-electron chi connectivity index (χ0n) is 13.6. The molecule has 0 N–H and O–H groups in total. The van der Waals surface area contributed by atoms with E-state index in [4.69, 9.17) is 11.6 Å². The minimum Gasteiger partial charge on any atom is -0.208 e. The minimum absolute atomic E-state index is 0.229. The van der Waals surface area contributed by atoms with Crippen LogP contribution in [0.2, 0.25) is 5.15 Å². The maximum atomic E-state index is 14.0. The summed E-state index contributed by atoms with van der Waals surface area (Å²) in [6.07, 6.45) is 6.59. The molecule has 1 aromatic carbocycles.